The molecule has 0 saturated carbocycles. The maximum atomic E-state index is 13.4. The molecule has 30 heavy (non-hydrogen) atoms. The summed E-state index contributed by atoms with van der Waals surface area (Å²) in [4.78, 5) is 43.6. The molecule has 156 valence electrons. The number of esters is 2. The number of ether oxygens (including phenoxy) is 2. The Kier molecular flexibility index (Phi) is 5.78. The van der Waals surface area contributed by atoms with Crippen molar-refractivity contribution in [3.63, 3.8) is 0 Å². The van der Waals surface area contributed by atoms with Crippen LogP contribution >= 0.6 is 11.8 Å². The van der Waals surface area contributed by atoms with Crippen LogP contribution in [-0.2, 0) is 28.7 Å². The van der Waals surface area contributed by atoms with Crippen LogP contribution in [0.15, 0.2) is 60.7 Å². The maximum absolute atomic E-state index is 13.4. The number of thioether (sulfide) groups is 1. The standard InChI is InChI=1S/C22H21NO6S/c1-30-17-14-27-23(20(17)25)22(13-12-18(24)29-22)21(26)28-19(15-8-4-2-5-9-15)16-10-6-3-7-11-16/h2-11,17,19H,12-14H2,1H3. The lowest BCUT2D eigenvalue weighted by Gasteiger charge is -2.34. The highest BCUT2D eigenvalue weighted by atomic mass is 32.2. The SMILES string of the molecule is CSC1CON(C2(C(=O)OC(c3ccccc3)c3ccccc3)CCC(=O)O2)C1=O. The predicted molar refractivity (Wildman–Crippen MR) is 109 cm³/mol. The molecule has 1 amide bonds. The Bertz CT molecular complexity index is 898. The van der Waals surface area contributed by atoms with Gasteiger partial charge in [0.2, 0.25) is 0 Å². The first kappa shape index (κ1) is 20.4. The van der Waals surface area contributed by atoms with E-state index in [1.54, 1.807) is 6.26 Å². The van der Waals surface area contributed by atoms with Crippen molar-refractivity contribution in [3.8, 4) is 0 Å². The zero-order chi connectivity index (χ0) is 21.1. The van der Waals surface area contributed by atoms with Gasteiger partial charge in [-0.05, 0) is 17.4 Å². The minimum atomic E-state index is -1.92. The van der Waals surface area contributed by atoms with Gasteiger partial charge >= 0.3 is 17.7 Å². The van der Waals surface area contributed by atoms with Crippen LogP contribution in [0.4, 0.5) is 0 Å². The maximum Gasteiger partial charge on any atom is 0.376 e. The van der Waals surface area contributed by atoms with Crippen LogP contribution in [0.1, 0.15) is 30.1 Å². The summed E-state index contributed by atoms with van der Waals surface area (Å²) in [5.41, 5.74) is -0.403. The molecule has 0 radical (unpaired) electrons. The van der Waals surface area contributed by atoms with Crippen LogP contribution in [0, 0.1) is 0 Å². The van der Waals surface area contributed by atoms with Crippen molar-refractivity contribution >= 4 is 29.6 Å². The van der Waals surface area contributed by atoms with Crippen LogP contribution in [0.2, 0.25) is 0 Å². The molecule has 0 aliphatic carbocycles. The van der Waals surface area contributed by atoms with Gasteiger partial charge in [-0.15, -0.1) is 11.8 Å². The quantitative estimate of drug-likeness (QED) is 0.656. The van der Waals surface area contributed by atoms with Gasteiger partial charge < -0.3 is 9.47 Å². The average molecular weight is 427 g/mol. The number of hydrogen-bond acceptors (Lipinski definition) is 7. The molecule has 0 bridgehead atoms. The highest BCUT2D eigenvalue weighted by Crippen LogP contribution is 2.38. The fourth-order valence-electron chi connectivity index (χ4n) is 3.57. The number of carbonyl (C=O) groups excluding carboxylic acids is 3. The molecule has 2 heterocycles. The molecule has 2 aliphatic rings. The fourth-order valence-corrected chi connectivity index (χ4v) is 4.07. The zero-order valence-corrected chi connectivity index (χ0v) is 17.2. The smallest absolute Gasteiger partial charge is 0.376 e. The van der Waals surface area contributed by atoms with E-state index in [4.69, 9.17) is 14.3 Å². The average Bonchev–Trinajstić information content (AvgIpc) is 3.36. The summed E-state index contributed by atoms with van der Waals surface area (Å²) in [7, 11) is 0. The Morgan fingerprint density at radius 1 is 1.10 bits per heavy atom. The summed E-state index contributed by atoms with van der Waals surface area (Å²) in [5.74, 6) is -1.82. The van der Waals surface area contributed by atoms with Crippen LogP contribution < -0.4 is 0 Å². The first-order valence-corrected chi connectivity index (χ1v) is 10.9. The molecule has 0 spiro atoms. The van der Waals surface area contributed by atoms with Gasteiger partial charge in [-0.25, -0.2) is 4.79 Å². The van der Waals surface area contributed by atoms with Crippen molar-refractivity contribution in [1.82, 2.24) is 5.06 Å². The van der Waals surface area contributed by atoms with E-state index < -0.39 is 34.9 Å². The second kappa shape index (κ2) is 8.49. The van der Waals surface area contributed by atoms with Crippen molar-refractivity contribution in [2.45, 2.75) is 29.9 Å². The summed E-state index contributed by atoms with van der Waals surface area (Å²) in [6, 6.07) is 18.5. The summed E-state index contributed by atoms with van der Waals surface area (Å²) < 4.78 is 11.3. The molecule has 8 heteroatoms. The Labute approximate surface area is 178 Å². The number of cyclic esters (lactones) is 1. The van der Waals surface area contributed by atoms with Crippen molar-refractivity contribution in [2.75, 3.05) is 12.9 Å². The summed E-state index contributed by atoms with van der Waals surface area (Å²) in [5, 5.41) is 0.432. The van der Waals surface area contributed by atoms with Crippen molar-refractivity contribution in [3.05, 3.63) is 71.8 Å². The number of carbonyl (C=O) groups is 3. The second-order valence-electron chi connectivity index (χ2n) is 7.02. The third-order valence-electron chi connectivity index (χ3n) is 5.14. The summed E-state index contributed by atoms with van der Waals surface area (Å²) in [6.07, 6.45) is 1.02. The molecular formula is C22H21NO6S. The number of amides is 1. The Morgan fingerprint density at radius 3 is 2.17 bits per heavy atom. The van der Waals surface area contributed by atoms with Gasteiger partial charge in [0.25, 0.3) is 5.91 Å². The van der Waals surface area contributed by atoms with E-state index in [1.165, 1.54) is 11.8 Å². The van der Waals surface area contributed by atoms with E-state index in [9.17, 15) is 14.4 Å². The lowest BCUT2D eigenvalue weighted by atomic mass is 10.0. The molecule has 0 aromatic heterocycles. The van der Waals surface area contributed by atoms with Gasteiger partial charge in [0, 0.05) is 6.42 Å². The van der Waals surface area contributed by atoms with Crippen LogP contribution in [-0.4, -0.2) is 46.7 Å². The predicted octanol–water partition coefficient (Wildman–Crippen LogP) is 2.86. The van der Waals surface area contributed by atoms with Crippen LogP contribution in [0.3, 0.4) is 0 Å². The third kappa shape index (κ3) is 3.68. The first-order valence-electron chi connectivity index (χ1n) is 9.58. The van der Waals surface area contributed by atoms with E-state index in [1.807, 2.05) is 60.7 Å². The molecule has 2 atom stereocenters. The molecule has 0 N–H and O–H groups in total. The minimum absolute atomic E-state index is 0.00643. The van der Waals surface area contributed by atoms with Crippen molar-refractivity contribution in [1.29, 1.82) is 0 Å². The Morgan fingerprint density at radius 2 is 1.70 bits per heavy atom. The van der Waals surface area contributed by atoms with Gasteiger partial charge in [0.15, 0.2) is 6.10 Å². The molecule has 4 rings (SSSR count). The van der Waals surface area contributed by atoms with Gasteiger partial charge in [0.05, 0.1) is 13.0 Å². The van der Waals surface area contributed by atoms with E-state index in [0.717, 1.165) is 16.2 Å². The number of rotatable bonds is 6. The molecule has 2 saturated heterocycles. The molecule has 2 aliphatic heterocycles. The highest BCUT2D eigenvalue weighted by molar-refractivity contribution is 7.99. The number of hydroxylamine groups is 2. The molecule has 2 aromatic rings. The summed E-state index contributed by atoms with van der Waals surface area (Å²) >= 11 is 1.31. The minimum Gasteiger partial charge on any atom is -0.448 e. The van der Waals surface area contributed by atoms with E-state index in [0.29, 0.717) is 0 Å². The molecule has 7 nitrogen and oxygen atoms in total. The Balaban J connectivity index is 1.67. The van der Waals surface area contributed by atoms with Crippen LogP contribution in [0.5, 0.6) is 0 Å². The second-order valence-corrected chi connectivity index (χ2v) is 8.06. The van der Waals surface area contributed by atoms with Gasteiger partial charge in [-0.3, -0.25) is 14.4 Å². The van der Waals surface area contributed by atoms with E-state index in [2.05, 4.69) is 0 Å². The zero-order valence-electron chi connectivity index (χ0n) is 16.4. The monoisotopic (exact) mass is 427 g/mol. The van der Waals surface area contributed by atoms with Crippen molar-refractivity contribution < 1.29 is 28.7 Å². The summed E-state index contributed by atoms with van der Waals surface area (Å²) in [6.45, 7) is 0.105. The van der Waals surface area contributed by atoms with Crippen molar-refractivity contribution in [2.24, 2.45) is 0 Å². The number of benzene rings is 2. The van der Waals surface area contributed by atoms with Crippen LogP contribution in [0.25, 0.3) is 0 Å². The molecule has 2 unspecified atom stereocenters. The number of nitrogens with zero attached hydrogens (tertiary/aromatic N) is 1. The van der Waals surface area contributed by atoms with Gasteiger partial charge in [-0.2, -0.15) is 5.06 Å². The number of hydrogen-bond donors (Lipinski definition) is 0. The van der Waals surface area contributed by atoms with E-state index >= 15 is 0 Å². The lowest BCUT2D eigenvalue weighted by molar-refractivity contribution is -0.260. The molecular weight excluding hydrogens is 406 g/mol. The topological polar surface area (TPSA) is 82.1 Å². The van der Waals surface area contributed by atoms with Gasteiger partial charge in [0.1, 0.15) is 5.25 Å². The normalized spacial score (nSPS) is 23.7. The molecule has 2 aromatic carbocycles. The first-order chi connectivity index (χ1) is 14.5. The Hall–Kier alpha value is -2.84. The molecule has 2 fully saturated rings. The lowest BCUT2D eigenvalue weighted by Crippen LogP contribution is -2.56. The fraction of sp³-hybridized carbons (Fsp3) is 0.318. The third-order valence-corrected chi connectivity index (χ3v) is 6.05. The highest BCUT2D eigenvalue weighted by Gasteiger charge is 2.60. The van der Waals surface area contributed by atoms with Gasteiger partial charge in [-0.1, -0.05) is 60.7 Å². The van der Waals surface area contributed by atoms with E-state index in [-0.39, 0.29) is 19.4 Å². The largest absolute Gasteiger partial charge is 0.448 e.